The number of hydrogen-bond acceptors (Lipinski definition) is 3. The van der Waals surface area contributed by atoms with Crippen molar-refractivity contribution in [3.8, 4) is 0 Å². The first-order valence-electron chi connectivity index (χ1n) is 11.7. The minimum atomic E-state index is -3.81. The molecule has 2 heterocycles. The largest absolute Gasteiger partial charge is 0.312 e. The predicted octanol–water partition coefficient (Wildman–Crippen LogP) is 7.33. The third kappa shape index (κ3) is 3.26. The second kappa shape index (κ2) is 8.27. The van der Waals surface area contributed by atoms with Gasteiger partial charge in [0.15, 0.2) is 0 Å². The Hall–Kier alpha value is -2.58. The van der Waals surface area contributed by atoms with Gasteiger partial charge in [0.25, 0.3) is 10.0 Å². The van der Waals surface area contributed by atoms with E-state index >= 15 is 0 Å². The van der Waals surface area contributed by atoms with Gasteiger partial charge in [0.05, 0.1) is 22.0 Å². The van der Waals surface area contributed by atoms with Crippen LogP contribution in [0.4, 0.5) is 11.4 Å². The molecule has 0 aromatic heterocycles. The van der Waals surface area contributed by atoms with Crippen LogP contribution in [0.25, 0.3) is 3.58 Å². The lowest BCUT2D eigenvalue weighted by Gasteiger charge is -2.40. The fourth-order valence-corrected chi connectivity index (χ4v) is 8.01. The Morgan fingerprint density at radius 2 is 1.59 bits per heavy atom. The molecule has 2 aliphatic heterocycles. The molecule has 1 aliphatic carbocycles. The first kappa shape index (κ1) is 21.9. The lowest BCUT2D eigenvalue weighted by Crippen LogP contribution is -2.41. The molecule has 0 bridgehead atoms. The molecule has 172 valence electrons. The third-order valence-electron chi connectivity index (χ3n) is 6.94. The Balaban J connectivity index is 1.63. The minimum absolute atomic E-state index is 0.315. The van der Waals surface area contributed by atoms with Gasteiger partial charge in [-0.15, -0.1) is 0 Å². The number of rotatable bonds is 3. The summed E-state index contributed by atoms with van der Waals surface area (Å²) >= 11 is 2.46. The summed E-state index contributed by atoms with van der Waals surface area (Å²) < 4.78 is 31.2. The van der Waals surface area contributed by atoms with E-state index in [0.29, 0.717) is 4.90 Å². The highest BCUT2D eigenvalue weighted by Gasteiger charge is 2.49. The summed E-state index contributed by atoms with van der Waals surface area (Å²) in [6.07, 6.45) is 6.33. The molecule has 0 spiro atoms. The van der Waals surface area contributed by atoms with Crippen molar-refractivity contribution < 1.29 is 8.42 Å². The van der Waals surface area contributed by atoms with E-state index in [1.807, 2.05) is 55.5 Å². The molecule has 1 unspecified atom stereocenters. The SMILES string of the molecule is Cc1ccc(S(=O)(=O)N2c3ccccc3N3C(C4=CCCCC4)=C(I)c4ccccc4C32)cc1. The predicted molar refractivity (Wildman–Crippen MR) is 146 cm³/mol. The normalized spacial score (nSPS) is 19.5. The van der Waals surface area contributed by atoms with Crippen LogP contribution in [0.1, 0.15) is 48.5 Å². The van der Waals surface area contributed by atoms with E-state index in [1.165, 1.54) is 15.6 Å². The first-order valence-corrected chi connectivity index (χ1v) is 14.2. The summed E-state index contributed by atoms with van der Waals surface area (Å²) in [6, 6.07) is 23.3. The second-order valence-corrected chi connectivity index (χ2v) is 12.0. The molecule has 6 rings (SSSR count). The maximum absolute atomic E-state index is 14.2. The molecule has 4 nitrogen and oxygen atoms in total. The summed E-state index contributed by atoms with van der Waals surface area (Å²) in [4.78, 5) is 2.58. The van der Waals surface area contributed by atoms with Gasteiger partial charge in [0.2, 0.25) is 0 Å². The second-order valence-electron chi connectivity index (χ2n) is 9.07. The Bertz CT molecular complexity index is 1460. The van der Waals surface area contributed by atoms with Gasteiger partial charge in [-0.3, -0.25) is 0 Å². The molecule has 3 aromatic carbocycles. The lowest BCUT2D eigenvalue weighted by atomic mass is 9.91. The standard InChI is InChI=1S/C28H25IN2O2S/c1-19-15-17-21(18-16-19)34(32,33)31-25-14-8-7-13-24(25)30-27(20-9-3-2-4-10-20)26(29)22-11-5-6-12-23(22)28(30)31/h5-9,11-18,28H,2-4,10H2,1H3. The van der Waals surface area contributed by atoms with Gasteiger partial charge in [-0.05, 0) is 90.6 Å². The van der Waals surface area contributed by atoms with Crippen molar-refractivity contribution in [1.82, 2.24) is 0 Å². The molecule has 0 fully saturated rings. The average molecular weight is 580 g/mol. The summed E-state index contributed by atoms with van der Waals surface area (Å²) in [6.45, 7) is 1.97. The van der Waals surface area contributed by atoms with Gasteiger partial charge in [-0.2, -0.15) is 0 Å². The summed E-state index contributed by atoms with van der Waals surface area (Å²) in [7, 11) is -3.81. The molecular weight excluding hydrogens is 555 g/mol. The zero-order chi connectivity index (χ0) is 23.4. The molecule has 6 heteroatoms. The minimum Gasteiger partial charge on any atom is -0.312 e. The van der Waals surface area contributed by atoms with Crippen LogP contribution in [-0.2, 0) is 10.0 Å². The quantitative estimate of drug-likeness (QED) is 0.305. The molecule has 0 saturated carbocycles. The van der Waals surface area contributed by atoms with Gasteiger partial charge in [0, 0.05) is 9.14 Å². The number of allylic oxidation sites excluding steroid dienone is 2. The molecular formula is C28H25IN2O2S. The van der Waals surface area contributed by atoms with E-state index in [-0.39, 0.29) is 0 Å². The van der Waals surface area contributed by atoms with E-state index in [2.05, 4.69) is 45.7 Å². The maximum Gasteiger partial charge on any atom is 0.266 e. The molecule has 0 saturated heterocycles. The summed E-state index contributed by atoms with van der Waals surface area (Å²) in [5, 5.41) is 0. The van der Waals surface area contributed by atoms with Crippen molar-refractivity contribution >= 4 is 47.6 Å². The van der Waals surface area contributed by atoms with E-state index in [1.54, 1.807) is 16.4 Å². The highest BCUT2D eigenvalue weighted by atomic mass is 127. The Kier molecular flexibility index (Phi) is 5.33. The molecule has 1 atom stereocenters. The van der Waals surface area contributed by atoms with Crippen molar-refractivity contribution in [3.63, 3.8) is 0 Å². The van der Waals surface area contributed by atoms with Crippen LogP contribution in [0.3, 0.4) is 0 Å². The number of benzene rings is 3. The van der Waals surface area contributed by atoms with Crippen LogP contribution in [0, 0.1) is 6.92 Å². The Morgan fingerprint density at radius 1 is 0.882 bits per heavy atom. The van der Waals surface area contributed by atoms with Crippen molar-refractivity contribution in [1.29, 1.82) is 0 Å². The average Bonchev–Trinajstić information content (AvgIpc) is 3.21. The fraction of sp³-hybridized carbons (Fsp3) is 0.214. The van der Waals surface area contributed by atoms with Crippen LogP contribution in [0.2, 0.25) is 0 Å². The monoisotopic (exact) mass is 580 g/mol. The lowest BCUT2D eigenvalue weighted by molar-refractivity contribution is 0.580. The van der Waals surface area contributed by atoms with Gasteiger partial charge in [-0.1, -0.05) is 60.2 Å². The first-order chi connectivity index (χ1) is 16.5. The Morgan fingerprint density at radius 3 is 2.32 bits per heavy atom. The van der Waals surface area contributed by atoms with Crippen molar-refractivity contribution in [3.05, 3.63) is 107 Å². The number of aryl methyl sites for hydroxylation is 1. The van der Waals surface area contributed by atoms with E-state index < -0.39 is 16.2 Å². The van der Waals surface area contributed by atoms with E-state index in [0.717, 1.165) is 53.0 Å². The number of hydrogen-bond donors (Lipinski definition) is 0. The van der Waals surface area contributed by atoms with Crippen molar-refractivity contribution in [2.24, 2.45) is 0 Å². The van der Waals surface area contributed by atoms with Gasteiger partial charge in [-0.25, -0.2) is 12.7 Å². The molecule has 0 radical (unpaired) electrons. The topological polar surface area (TPSA) is 40.6 Å². The number of fused-ring (bicyclic) bond motifs is 5. The number of sulfonamides is 1. The van der Waals surface area contributed by atoms with Gasteiger partial charge >= 0.3 is 0 Å². The summed E-state index contributed by atoms with van der Waals surface area (Å²) in [5.74, 6) is 0. The molecule has 34 heavy (non-hydrogen) atoms. The van der Waals surface area contributed by atoms with Crippen LogP contribution in [-0.4, -0.2) is 8.42 Å². The molecule has 0 N–H and O–H groups in total. The van der Waals surface area contributed by atoms with Gasteiger partial charge in [0.1, 0.15) is 6.17 Å². The number of anilines is 2. The van der Waals surface area contributed by atoms with Crippen LogP contribution in [0.15, 0.2) is 95.0 Å². The zero-order valence-electron chi connectivity index (χ0n) is 18.9. The van der Waals surface area contributed by atoms with Crippen molar-refractivity contribution in [2.75, 3.05) is 9.21 Å². The molecule has 3 aliphatic rings. The third-order valence-corrected chi connectivity index (χ3v) is 9.82. The number of halogens is 1. The molecule has 3 aromatic rings. The number of para-hydroxylation sites is 2. The number of nitrogens with zero attached hydrogens (tertiary/aromatic N) is 2. The molecule has 0 amide bonds. The van der Waals surface area contributed by atoms with E-state index in [4.69, 9.17) is 0 Å². The highest BCUT2D eigenvalue weighted by Crippen LogP contribution is 2.57. The fourth-order valence-electron chi connectivity index (χ4n) is 5.32. The maximum atomic E-state index is 14.2. The van der Waals surface area contributed by atoms with E-state index in [9.17, 15) is 8.42 Å². The smallest absolute Gasteiger partial charge is 0.266 e. The van der Waals surface area contributed by atoms with Crippen molar-refractivity contribution in [2.45, 2.75) is 43.7 Å². The van der Waals surface area contributed by atoms with Crippen LogP contribution in [0.5, 0.6) is 0 Å². The van der Waals surface area contributed by atoms with Crippen LogP contribution >= 0.6 is 22.6 Å². The zero-order valence-corrected chi connectivity index (χ0v) is 21.9. The Labute approximate surface area is 214 Å². The van der Waals surface area contributed by atoms with Gasteiger partial charge < -0.3 is 4.90 Å². The van der Waals surface area contributed by atoms with Crippen LogP contribution < -0.4 is 9.21 Å². The summed E-state index contributed by atoms with van der Waals surface area (Å²) in [5.41, 5.74) is 7.30. The highest BCUT2D eigenvalue weighted by molar-refractivity contribution is 14.1.